The van der Waals surface area contributed by atoms with E-state index in [0.29, 0.717) is 6.54 Å². The second kappa shape index (κ2) is 9.11. The molecular weight excluding hydrogens is 380 g/mol. The Balaban J connectivity index is 1.88. The van der Waals surface area contributed by atoms with Gasteiger partial charge in [-0.15, -0.1) is 0 Å². The topological polar surface area (TPSA) is 66.9 Å². The molecule has 0 N–H and O–H groups in total. The molecule has 6 nitrogen and oxygen atoms in total. The van der Waals surface area contributed by atoms with Crippen molar-refractivity contribution < 1.29 is 19.1 Å². The number of carbonyl (C=O) groups is 3. The van der Waals surface area contributed by atoms with Gasteiger partial charge in [-0.1, -0.05) is 60.7 Å². The second-order valence-corrected chi connectivity index (χ2v) is 7.73. The van der Waals surface area contributed by atoms with Crippen molar-refractivity contribution in [3.63, 3.8) is 0 Å². The maximum absolute atomic E-state index is 13.5. The van der Waals surface area contributed by atoms with Crippen LogP contribution in [0.1, 0.15) is 37.4 Å². The van der Waals surface area contributed by atoms with Crippen LogP contribution in [0.15, 0.2) is 60.7 Å². The standard InChI is InChI=1S/C24H28N2O4/c1-4-30-23(29)24(22(28)25(3)16-19-11-7-5-8-12-19)15-21(27)26(17-24)18(2)20-13-9-6-10-14-20/h5-14,18H,4,15-17H2,1-3H3/t18-,24?/m1/s1. The van der Waals surface area contributed by atoms with Gasteiger partial charge in [0.1, 0.15) is 0 Å². The Morgan fingerprint density at radius 1 is 1.10 bits per heavy atom. The van der Waals surface area contributed by atoms with Gasteiger partial charge in [-0.2, -0.15) is 0 Å². The Hall–Kier alpha value is -3.15. The van der Waals surface area contributed by atoms with E-state index in [1.165, 1.54) is 4.90 Å². The van der Waals surface area contributed by atoms with Gasteiger partial charge in [0, 0.05) is 20.1 Å². The fourth-order valence-electron chi connectivity index (χ4n) is 3.99. The van der Waals surface area contributed by atoms with Crippen molar-refractivity contribution in [3.8, 4) is 0 Å². The smallest absolute Gasteiger partial charge is 0.324 e. The molecule has 1 heterocycles. The zero-order valence-electron chi connectivity index (χ0n) is 17.7. The molecule has 1 unspecified atom stereocenters. The summed E-state index contributed by atoms with van der Waals surface area (Å²) in [7, 11) is 1.66. The fraction of sp³-hybridized carbons (Fsp3) is 0.375. The normalized spacial score (nSPS) is 19.4. The van der Waals surface area contributed by atoms with E-state index >= 15 is 0 Å². The molecule has 0 spiro atoms. The van der Waals surface area contributed by atoms with E-state index in [1.54, 1.807) is 18.9 Å². The van der Waals surface area contributed by atoms with Crippen molar-refractivity contribution in [2.45, 2.75) is 32.9 Å². The number of rotatable bonds is 7. The summed E-state index contributed by atoms with van der Waals surface area (Å²) >= 11 is 0. The van der Waals surface area contributed by atoms with E-state index < -0.39 is 11.4 Å². The Bertz CT molecular complexity index is 900. The summed E-state index contributed by atoms with van der Waals surface area (Å²) in [4.78, 5) is 42.5. The number of nitrogens with zero attached hydrogens (tertiary/aromatic N) is 2. The maximum Gasteiger partial charge on any atom is 0.324 e. The van der Waals surface area contributed by atoms with Crippen molar-refractivity contribution in [1.29, 1.82) is 0 Å². The highest BCUT2D eigenvalue weighted by molar-refractivity contribution is 6.08. The van der Waals surface area contributed by atoms with Gasteiger partial charge >= 0.3 is 5.97 Å². The molecule has 2 atom stereocenters. The van der Waals surface area contributed by atoms with E-state index in [1.807, 2.05) is 67.6 Å². The Kier molecular flexibility index (Phi) is 6.55. The molecule has 0 bridgehead atoms. The number of esters is 1. The number of ether oxygens (including phenoxy) is 1. The number of amides is 2. The highest BCUT2D eigenvalue weighted by Gasteiger charge is 2.57. The molecule has 1 fully saturated rings. The van der Waals surface area contributed by atoms with Gasteiger partial charge in [0.15, 0.2) is 5.41 Å². The summed E-state index contributed by atoms with van der Waals surface area (Å²) in [6.07, 6.45) is -0.180. The van der Waals surface area contributed by atoms with Crippen LogP contribution in [0.5, 0.6) is 0 Å². The van der Waals surface area contributed by atoms with Crippen molar-refractivity contribution in [2.24, 2.45) is 5.41 Å². The van der Waals surface area contributed by atoms with E-state index in [2.05, 4.69) is 0 Å². The fourth-order valence-corrected chi connectivity index (χ4v) is 3.99. The minimum Gasteiger partial charge on any atom is -0.465 e. The zero-order chi connectivity index (χ0) is 21.7. The highest BCUT2D eigenvalue weighted by atomic mass is 16.5. The van der Waals surface area contributed by atoms with Crippen LogP contribution in [0, 0.1) is 5.41 Å². The first-order chi connectivity index (χ1) is 14.4. The molecule has 2 amide bonds. The molecule has 3 rings (SSSR count). The lowest BCUT2D eigenvalue weighted by Gasteiger charge is -2.31. The summed E-state index contributed by atoms with van der Waals surface area (Å²) in [5.74, 6) is -1.24. The number of likely N-dealkylation sites (tertiary alicyclic amines) is 1. The van der Waals surface area contributed by atoms with E-state index in [-0.39, 0.29) is 37.4 Å². The Labute approximate surface area is 177 Å². The summed E-state index contributed by atoms with van der Waals surface area (Å²) in [6.45, 7) is 4.12. The highest BCUT2D eigenvalue weighted by Crippen LogP contribution is 2.39. The van der Waals surface area contributed by atoms with Crippen LogP contribution in [0.25, 0.3) is 0 Å². The van der Waals surface area contributed by atoms with Crippen molar-refractivity contribution in [3.05, 3.63) is 71.8 Å². The third kappa shape index (κ3) is 4.22. The third-order valence-corrected chi connectivity index (χ3v) is 5.65. The number of hydrogen-bond donors (Lipinski definition) is 0. The molecule has 1 saturated heterocycles. The summed E-state index contributed by atoms with van der Waals surface area (Å²) < 4.78 is 5.27. The quantitative estimate of drug-likeness (QED) is 0.521. The lowest BCUT2D eigenvalue weighted by atomic mass is 9.85. The minimum absolute atomic E-state index is 0.0126. The molecule has 2 aromatic carbocycles. The van der Waals surface area contributed by atoms with Crippen LogP contribution in [-0.2, 0) is 25.7 Å². The number of carbonyl (C=O) groups excluding carboxylic acids is 3. The van der Waals surface area contributed by atoms with Gasteiger partial charge in [-0.3, -0.25) is 14.4 Å². The number of hydrogen-bond acceptors (Lipinski definition) is 4. The SMILES string of the molecule is CCOC(=O)C1(C(=O)N(C)Cc2ccccc2)CC(=O)N([C@H](C)c2ccccc2)C1. The van der Waals surface area contributed by atoms with Crippen LogP contribution < -0.4 is 0 Å². The largest absolute Gasteiger partial charge is 0.465 e. The minimum atomic E-state index is -1.53. The third-order valence-electron chi connectivity index (χ3n) is 5.65. The first-order valence-corrected chi connectivity index (χ1v) is 10.2. The van der Waals surface area contributed by atoms with Gasteiger partial charge in [0.2, 0.25) is 11.8 Å². The van der Waals surface area contributed by atoms with Gasteiger partial charge in [0.25, 0.3) is 0 Å². The molecule has 0 radical (unpaired) electrons. The van der Waals surface area contributed by atoms with Crippen LogP contribution in [-0.4, -0.2) is 47.8 Å². The van der Waals surface area contributed by atoms with E-state index in [9.17, 15) is 14.4 Å². The lowest BCUT2D eigenvalue weighted by molar-refractivity contribution is -0.164. The molecular formula is C24H28N2O4. The first kappa shape index (κ1) is 21.6. The van der Waals surface area contributed by atoms with Gasteiger partial charge in [0.05, 0.1) is 19.1 Å². The average molecular weight is 408 g/mol. The molecule has 0 saturated carbocycles. The molecule has 6 heteroatoms. The molecule has 1 aliphatic heterocycles. The number of benzene rings is 2. The van der Waals surface area contributed by atoms with Gasteiger partial charge in [-0.05, 0) is 25.0 Å². The summed E-state index contributed by atoms with van der Waals surface area (Å²) in [6, 6.07) is 18.9. The van der Waals surface area contributed by atoms with Crippen LogP contribution in [0.3, 0.4) is 0 Å². The zero-order valence-corrected chi connectivity index (χ0v) is 17.7. The van der Waals surface area contributed by atoms with E-state index in [4.69, 9.17) is 4.74 Å². The van der Waals surface area contributed by atoms with Gasteiger partial charge < -0.3 is 14.5 Å². The molecule has 0 aliphatic carbocycles. The maximum atomic E-state index is 13.5. The average Bonchev–Trinajstić information content (AvgIpc) is 3.12. The molecule has 0 aromatic heterocycles. The van der Waals surface area contributed by atoms with Gasteiger partial charge in [-0.25, -0.2) is 0 Å². The van der Waals surface area contributed by atoms with Crippen molar-refractivity contribution >= 4 is 17.8 Å². The predicted octanol–water partition coefficient (Wildman–Crippen LogP) is 3.19. The van der Waals surface area contributed by atoms with Crippen LogP contribution >= 0.6 is 0 Å². The van der Waals surface area contributed by atoms with Crippen LogP contribution in [0.2, 0.25) is 0 Å². The molecule has 30 heavy (non-hydrogen) atoms. The van der Waals surface area contributed by atoms with Crippen LogP contribution in [0.4, 0.5) is 0 Å². The lowest BCUT2D eigenvalue weighted by Crippen LogP contribution is -2.49. The molecule has 1 aliphatic rings. The van der Waals surface area contributed by atoms with Crippen molar-refractivity contribution in [2.75, 3.05) is 20.2 Å². The Morgan fingerprint density at radius 2 is 1.70 bits per heavy atom. The second-order valence-electron chi connectivity index (χ2n) is 7.73. The van der Waals surface area contributed by atoms with E-state index in [0.717, 1.165) is 11.1 Å². The molecule has 2 aromatic rings. The first-order valence-electron chi connectivity index (χ1n) is 10.2. The monoisotopic (exact) mass is 408 g/mol. The summed E-state index contributed by atoms with van der Waals surface area (Å²) in [5, 5.41) is 0. The Morgan fingerprint density at radius 3 is 2.30 bits per heavy atom. The predicted molar refractivity (Wildman–Crippen MR) is 113 cm³/mol. The van der Waals surface area contributed by atoms with Crippen molar-refractivity contribution in [1.82, 2.24) is 9.80 Å². The summed E-state index contributed by atoms with van der Waals surface area (Å²) in [5.41, 5.74) is 0.376. The molecule has 158 valence electrons.